The Labute approximate surface area is 155 Å². The van der Waals surface area contributed by atoms with Crippen LogP contribution in [0.1, 0.15) is 22.8 Å². The van der Waals surface area contributed by atoms with Crippen LogP contribution in [0.3, 0.4) is 0 Å². The van der Waals surface area contributed by atoms with Crippen LogP contribution in [0.15, 0.2) is 53.5 Å². The van der Waals surface area contributed by atoms with Gasteiger partial charge in [0.25, 0.3) is 0 Å². The molecular weight excluding hydrogens is 386 g/mol. The highest BCUT2D eigenvalue weighted by atomic mass is 79.9. The fourth-order valence-corrected chi connectivity index (χ4v) is 2.83. The summed E-state index contributed by atoms with van der Waals surface area (Å²) in [6.07, 6.45) is 1.67. The molecule has 0 fully saturated rings. The molecule has 0 saturated carbocycles. The van der Waals surface area contributed by atoms with Crippen molar-refractivity contribution in [3.05, 3.63) is 64.7 Å². The first-order valence-corrected chi connectivity index (χ1v) is 8.58. The standard InChI is InChI=1S/C19H20BrNO4/c1-3-8-25-18-16(20)9-13(10-17(18)24-4-2)12-21-15-7-5-6-14(11-15)19(22)23/h3,5-7,9-11,21H,1,4,8,12H2,2H3,(H,22,23)/p-1. The summed E-state index contributed by atoms with van der Waals surface area (Å²) in [4.78, 5) is 10.9. The summed E-state index contributed by atoms with van der Waals surface area (Å²) in [5, 5.41) is 14.1. The number of aromatic carboxylic acids is 1. The van der Waals surface area contributed by atoms with Crippen molar-refractivity contribution in [2.24, 2.45) is 0 Å². The summed E-state index contributed by atoms with van der Waals surface area (Å²) >= 11 is 3.50. The smallest absolute Gasteiger partial charge is 0.175 e. The summed E-state index contributed by atoms with van der Waals surface area (Å²) < 4.78 is 12.1. The van der Waals surface area contributed by atoms with E-state index in [9.17, 15) is 9.90 Å². The predicted molar refractivity (Wildman–Crippen MR) is 99.1 cm³/mol. The molecule has 0 heterocycles. The van der Waals surface area contributed by atoms with Gasteiger partial charge in [-0.25, -0.2) is 0 Å². The van der Waals surface area contributed by atoms with Crippen molar-refractivity contribution in [1.82, 2.24) is 0 Å². The average molecular weight is 405 g/mol. The highest BCUT2D eigenvalue weighted by Crippen LogP contribution is 2.37. The topological polar surface area (TPSA) is 70.6 Å². The first-order chi connectivity index (χ1) is 12.0. The van der Waals surface area contributed by atoms with Gasteiger partial charge in [-0.15, -0.1) is 0 Å². The Bertz CT molecular complexity index is 761. The minimum atomic E-state index is -1.20. The van der Waals surface area contributed by atoms with Gasteiger partial charge < -0.3 is 24.7 Å². The van der Waals surface area contributed by atoms with Gasteiger partial charge in [0.2, 0.25) is 0 Å². The third kappa shape index (κ3) is 5.26. The molecule has 0 bridgehead atoms. The molecule has 0 saturated heterocycles. The molecule has 132 valence electrons. The number of nitrogens with one attached hydrogen (secondary N) is 1. The molecule has 1 N–H and O–H groups in total. The van der Waals surface area contributed by atoms with Gasteiger partial charge in [0.05, 0.1) is 17.0 Å². The second-order valence-electron chi connectivity index (χ2n) is 5.16. The molecule has 0 aliphatic heterocycles. The van der Waals surface area contributed by atoms with Gasteiger partial charge >= 0.3 is 0 Å². The van der Waals surface area contributed by atoms with Crippen LogP contribution >= 0.6 is 15.9 Å². The first kappa shape index (κ1) is 18.9. The van der Waals surface area contributed by atoms with Gasteiger partial charge in [-0.1, -0.05) is 24.8 Å². The predicted octanol–water partition coefficient (Wildman–Crippen LogP) is 3.39. The van der Waals surface area contributed by atoms with Crippen LogP contribution in [0.5, 0.6) is 11.5 Å². The van der Waals surface area contributed by atoms with E-state index in [1.807, 2.05) is 19.1 Å². The van der Waals surface area contributed by atoms with Crippen LogP contribution < -0.4 is 19.9 Å². The molecule has 0 aliphatic carbocycles. The lowest BCUT2D eigenvalue weighted by atomic mass is 10.1. The molecule has 0 unspecified atom stereocenters. The van der Waals surface area contributed by atoms with Gasteiger partial charge in [-0.3, -0.25) is 0 Å². The van der Waals surface area contributed by atoms with E-state index in [0.717, 1.165) is 10.0 Å². The lowest BCUT2D eigenvalue weighted by Crippen LogP contribution is -2.22. The maximum absolute atomic E-state index is 10.9. The molecular formula is C19H19BrNO4-. The fourth-order valence-electron chi connectivity index (χ4n) is 2.23. The van der Waals surface area contributed by atoms with E-state index in [1.54, 1.807) is 18.2 Å². The van der Waals surface area contributed by atoms with Gasteiger partial charge in [-0.2, -0.15) is 0 Å². The van der Waals surface area contributed by atoms with Crippen LogP contribution in [0, 0.1) is 0 Å². The zero-order valence-corrected chi connectivity index (χ0v) is 15.5. The van der Waals surface area contributed by atoms with Crippen molar-refractivity contribution in [1.29, 1.82) is 0 Å². The molecule has 2 aromatic carbocycles. The number of carboxylic acid groups (broad SMARTS) is 1. The van der Waals surface area contributed by atoms with E-state index in [4.69, 9.17) is 9.47 Å². The normalized spacial score (nSPS) is 10.2. The molecule has 0 aliphatic rings. The second-order valence-corrected chi connectivity index (χ2v) is 6.01. The molecule has 2 rings (SSSR count). The number of carboxylic acids is 1. The van der Waals surface area contributed by atoms with Crippen molar-refractivity contribution in [3.8, 4) is 11.5 Å². The van der Waals surface area contributed by atoms with Crippen LogP contribution in [0.25, 0.3) is 0 Å². The summed E-state index contributed by atoms with van der Waals surface area (Å²) in [5.74, 6) is 0.0669. The fraction of sp³-hybridized carbons (Fsp3) is 0.211. The van der Waals surface area contributed by atoms with E-state index < -0.39 is 5.97 Å². The number of carbonyl (C=O) groups is 1. The van der Waals surface area contributed by atoms with E-state index in [0.29, 0.717) is 36.9 Å². The maximum atomic E-state index is 10.9. The molecule has 0 amide bonds. The molecule has 0 aromatic heterocycles. The third-order valence-electron chi connectivity index (χ3n) is 3.31. The Balaban J connectivity index is 2.17. The summed E-state index contributed by atoms with van der Waals surface area (Å²) in [7, 11) is 0. The quantitative estimate of drug-likeness (QED) is 0.648. The number of rotatable bonds is 9. The molecule has 6 heteroatoms. The number of hydrogen-bond acceptors (Lipinski definition) is 5. The van der Waals surface area contributed by atoms with Crippen molar-refractivity contribution in [2.75, 3.05) is 18.5 Å². The van der Waals surface area contributed by atoms with Crippen LogP contribution in [-0.4, -0.2) is 19.2 Å². The van der Waals surface area contributed by atoms with Crippen molar-refractivity contribution in [2.45, 2.75) is 13.5 Å². The number of benzene rings is 2. The zero-order valence-electron chi connectivity index (χ0n) is 13.9. The van der Waals surface area contributed by atoms with E-state index in [-0.39, 0.29) is 5.56 Å². The molecule has 2 aromatic rings. The van der Waals surface area contributed by atoms with Gasteiger partial charge in [0.1, 0.15) is 6.61 Å². The van der Waals surface area contributed by atoms with Crippen molar-refractivity contribution >= 4 is 27.6 Å². The molecule has 0 atom stereocenters. The third-order valence-corrected chi connectivity index (χ3v) is 3.90. The van der Waals surface area contributed by atoms with Crippen LogP contribution in [0.4, 0.5) is 5.69 Å². The largest absolute Gasteiger partial charge is 0.545 e. The minimum absolute atomic E-state index is 0.134. The number of hydrogen-bond donors (Lipinski definition) is 1. The lowest BCUT2D eigenvalue weighted by Gasteiger charge is -2.15. The monoisotopic (exact) mass is 404 g/mol. The summed E-state index contributed by atoms with van der Waals surface area (Å²) in [6, 6.07) is 10.3. The van der Waals surface area contributed by atoms with Gasteiger partial charge in [-0.05, 0) is 58.2 Å². The minimum Gasteiger partial charge on any atom is -0.545 e. The SMILES string of the molecule is C=CCOc1c(Br)cc(CNc2cccc(C(=O)[O-])c2)cc1OCC. The van der Waals surface area contributed by atoms with E-state index in [2.05, 4.69) is 27.8 Å². The maximum Gasteiger partial charge on any atom is 0.175 e. The Morgan fingerprint density at radius 3 is 2.80 bits per heavy atom. The highest BCUT2D eigenvalue weighted by molar-refractivity contribution is 9.10. The Kier molecular flexibility index (Phi) is 6.89. The average Bonchev–Trinajstić information content (AvgIpc) is 2.60. The molecule has 0 radical (unpaired) electrons. The van der Waals surface area contributed by atoms with Gasteiger partial charge in [0, 0.05) is 12.2 Å². The van der Waals surface area contributed by atoms with Gasteiger partial charge in [0.15, 0.2) is 11.5 Å². The number of halogens is 1. The summed E-state index contributed by atoms with van der Waals surface area (Å²) in [6.45, 7) is 6.94. The zero-order chi connectivity index (χ0) is 18.2. The van der Waals surface area contributed by atoms with Crippen LogP contribution in [0.2, 0.25) is 0 Å². The molecule has 25 heavy (non-hydrogen) atoms. The first-order valence-electron chi connectivity index (χ1n) is 7.79. The van der Waals surface area contributed by atoms with E-state index >= 15 is 0 Å². The van der Waals surface area contributed by atoms with E-state index in [1.165, 1.54) is 12.1 Å². The second kappa shape index (κ2) is 9.13. The Morgan fingerprint density at radius 2 is 2.12 bits per heavy atom. The Morgan fingerprint density at radius 1 is 1.32 bits per heavy atom. The van der Waals surface area contributed by atoms with Crippen molar-refractivity contribution in [3.63, 3.8) is 0 Å². The highest BCUT2D eigenvalue weighted by Gasteiger charge is 2.12. The number of carbonyl (C=O) groups excluding carboxylic acids is 1. The number of ether oxygens (including phenoxy) is 2. The molecule has 0 spiro atoms. The number of anilines is 1. The molecule has 5 nitrogen and oxygen atoms in total. The summed E-state index contributed by atoms with van der Waals surface area (Å²) in [5.41, 5.74) is 1.79. The van der Waals surface area contributed by atoms with Crippen molar-refractivity contribution < 1.29 is 19.4 Å². The lowest BCUT2D eigenvalue weighted by molar-refractivity contribution is -0.255. The van der Waals surface area contributed by atoms with Crippen LogP contribution in [-0.2, 0) is 6.54 Å². The Hall–Kier alpha value is -2.47.